The Labute approximate surface area is 329 Å². The number of esters is 2. The number of methoxy groups -OCH3 is 2. The molecule has 7 atom stereocenters. The molecule has 6 fully saturated rings. The molecular formula is C40H40F2N12O4. The number of rotatable bonds is 9. The summed E-state index contributed by atoms with van der Waals surface area (Å²) in [5.74, 6) is -0.742. The number of aromatic nitrogens is 10. The first kappa shape index (κ1) is 36.2. The van der Waals surface area contributed by atoms with Crippen LogP contribution in [0.3, 0.4) is 0 Å². The van der Waals surface area contributed by atoms with Gasteiger partial charge in [0.05, 0.1) is 54.9 Å². The first-order chi connectivity index (χ1) is 28.3. The van der Waals surface area contributed by atoms with E-state index in [0.717, 1.165) is 50.9 Å². The first-order valence-corrected chi connectivity index (χ1v) is 19.7. The number of carbonyl (C=O) groups is 2. The predicted octanol–water partition coefficient (Wildman–Crippen LogP) is 5.59. The summed E-state index contributed by atoms with van der Waals surface area (Å²) in [5.41, 5.74) is 2.21. The number of nitrogens with zero attached hydrogens (tertiary/aromatic N) is 8. The van der Waals surface area contributed by atoms with Gasteiger partial charge >= 0.3 is 11.9 Å². The summed E-state index contributed by atoms with van der Waals surface area (Å²) in [6.07, 6.45) is 10.1. The molecule has 6 saturated carbocycles. The summed E-state index contributed by atoms with van der Waals surface area (Å²) >= 11 is 0. The Morgan fingerprint density at radius 1 is 0.690 bits per heavy atom. The van der Waals surface area contributed by atoms with Gasteiger partial charge in [-0.3, -0.25) is 19.8 Å². The van der Waals surface area contributed by atoms with Gasteiger partial charge in [-0.1, -0.05) is 0 Å². The first-order valence-electron chi connectivity index (χ1n) is 19.7. The van der Waals surface area contributed by atoms with Gasteiger partial charge in [-0.25, -0.2) is 38.7 Å². The molecule has 16 nitrogen and oxygen atoms in total. The van der Waals surface area contributed by atoms with Crippen molar-refractivity contribution in [3.63, 3.8) is 0 Å². The van der Waals surface area contributed by atoms with Gasteiger partial charge in [0.25, 0.3) is 0 Å². The molecule has 0 saturated heterocycles. The Morgan fingerprint density at radius 2 is 1.28 bits per heavy atom. The molecule has 0 aromatic carbocycles. The minimum Gasteiger partial charge on any atom is -0.469 e. The average molecular weight is 791 g/mol. The van der Waals surface area contributed by atoms with Crippen molar-refractivity contribution < 1.29 is 27.8 Å². The molecule has 0 spiro atoms. The lowest BCUT2D eigenvalue weighted by Crippen LogP contribution is -2.54. The average Bonchev–Trinajstić information content (AvgIpc) is 3.87. The molecular weight excluding hydrogens is 751 g/mol. The van der Waals surface area contributed by atoms with E-state index in [1.54, 1.807) is 12.3 Å². The van der Waals surface area contributed by atoms with Gasteiger partial charge in [0.2, 0.25) is 0 Å². The van der Waals surface area contributed by atoms with Crippen molar-refractivity contribution in [2.24, 2.45) is 35.5 Å². The van der Waals surface area contributed by atoms with Crippen molar-refractivity contribution in [2.45, 2.75) is 62.9 Å². The highest BCUT2D eigenvalue weighted by molar-refractivity contribution is 5.89. The van der Waals surface area contributed by atoms with Crippen molar-refractivity contribution in [1.29, 1.82) is 0 Å². The van der Waals surface area contributed by atoms with Gasteiger partial charge in [-0.2, -0.15) is 10.2 Å². The van der Waals surface area contributed by atoms with Crippen molar-refractivity contribution in [3.05, 3.63) is 60.2 Å². The van der Waals surface area contributed by atoms with E-state index in [-0.39, 0.29) is 59.5 Å². The lowest BCUT2D eigenvalue weighted by Gasteiger charge is -2.51. The summed E-state index contributed by atoms with van der Waals surface area (Å²) in [7, 11) is 2.83. The lowest BCUT2D eigenvalue weighted by molar-refractivity contribution is -0.153. The summed E-state index contributed by atoms with van der Waals surface area (Å²) in [6, 6.07) is 5.83. The molecule has 12 rings (SSSR count). The molecule has 6 aliphatic carbocycles. The van der Waals surface area contributed by atoms with E-state index in [0.29, 0.717) is 68.9 Å². The van der Waals surface area contributed by atoms with Gasteiger partial charge in [0.1, 0.15) is 34.7 Å². The number of ether oxygens (including phenoxy) is 2. The number of hydrogen-bond acceptors (Lipinski definition) is 14. The van der Waals surface area contributed by atoms with Crippen molar-refractivity contribution in [3.8, 4) is 23.0 Å². The molecule has 0 amide bonds. The maximum Gasteiger partial charge on any atom is 0.311 e. The number of halogens is 2. The van der Waals surface area contributed by atoms with Crippen molar-refractivity contribution in [1.82, 2.24) is 50.3 Å². The maximum atomic E-state index is 14.5. The van der Waals surface area contributed by atoms with Crippen LogP contribution in [0.4, 0.5) is 20.4 Å². The second-order valence-electron chi connectivity index (χ2n) is 16.0. The highest BCUT2D eigenvalue weighted by atomic mass is 19.1. The highest BCUT2D eigenvalue weighted by Gasteiger charge is 2.53. The number of pyridine rings is 2. The number of fused-ring (bicyclic) bond motifs is 8. The fourth-order valence-electron chi connectivity index (χ4n) is 10.5. The molecule has 0 aliphatic heterocycles. The Hall–Kier alpha value is -6.20. The van der Waals surface area contributed by atoms with Gasteiger partial charge in [-0.05, 0) is 86.8 Å². The van der Waals surface area contributed by atoms with Crippen LogP contribution in [0.25, 0.3) is 45.1 Å². The Kier molecular flexibility index (Phi) is 8.93. The van der Waals surface area contributed by atoms with E-state index < -0.39 is 17.6 Å². The van der Waals surface area contributed by atoms with Gasteiger partial charge < -0.3 is 20.1 Å². The molecule has 3 unspecified atom stereocenters. The van der Waals surface area contributed by atoms with Gasteiger partial charge in [0, 0.05) is 30.3 Å². The Bertz CT molecular complexity index is 2560. The van der Waals surface area contributed by atoms with E-state index in [4.69, 9.17) is 24.4 Å². The second-order valence-corrected chi connectivity index (χ2v) is 16.0. The van der Waals surface area contributed by atoms with E-state index in [1.807, 2.05) is 6.07 Å². The Balaban J connectivity index is 1.01. The van der Waals surface area contributed by atoms with E-state index >= 15 is 0 Å². The molecule has 6 heterocycles. The highest BCUT2D eigenvalue weighted by Crippen LogP contribution is 2.54. The van der Waals surface area contributed by atoms with Gasteiger partial charge in [0.15, 0.2) is 22.9 Å². The van der Waals surface area contributed by atoms with Crippen molar-refractivity contribution >= 4 is 45.6 Å². The van der Waals surface area contributed by atoms with Crippen molar-refractivity contribution in [2.75, 3.05) is 24.9 Å². The number of H-pyrrole nitrogens is 2. The number of nitrogens with one attached hydrogen (secondary N) is 4. The van der Waals surface area contributed by atoms with Crippen LogP contribution in [0.15, 0.2) is 42.9 Å². The normalized spacial score (nSPS) is 27.5. The van der Waals surface area contributed by atoms with Crippen LogP contribution < -0.4 is 10.6 Å². The number of aromatic amines is 2. The largest absolute Gasteiger partial charge is 0.469 e. The number of hydrogen-bond donors (Lipinski definition) is 4. The van der Waals surface area contributed by atoms with E-state index in [9.17, 15) is 18.4 Å². The van der Waals surface area contributed by atoms with Crippen LogP contribution in [0, 0.1) is 47.1 Å². The molecule has 298 valence electrons. The zero-order valence-electron chi connectivity index (χ0n) is 31.7. The predicted molar refractivity (Wildman–Crippen MR) is 205 cm³/mol. The van der Waals surface area contributed by atoms with Crippen LogP contribution in [-0.4, -0.2) is 88.5 Å². The molecule has 18 heteroatoms. The minimum atomic E-state index is -0.564. The van der Waals surface area contributed by atoms with Crippen LogP contribution >= 0.6 is 0 Å². The summed E-state index contributed by atoms with van der Waals surface area (Å²) in [5, 5.41) is 22.4. The smallest absolute Gasteiger partial charge is 0.311 e. The fourth-order valence-corrected chi connectivity index (χ4v) is 10.5. The third kappa shape index (κ3) is 6.16. The number of anilines is 2. The molecule has 0 radical (unpaired) electrons. The minimum absolute atomic E-state index is 0.0164. The van der Waals surface area contributed by atoms with E-state index in [2.05, 4.69) is 46.0 Å². The lowest BCUT2D eigenvalue weighted by atomic mass is 9.56. The standard InChI is InChI=1S/C40H40F2N12O4/c1-57-39(55)29-17-3-5-18(6-4-17)31(29)48-28-14-26(46-38(50-28)34-25-13-21(42)16-45-36(25)54-52-34)23-11-19-7-8-22(23)30(40(56)58-2)32(19)47-27-9-10-43-37(49-27)33-24-12-20(41)15-44-35(24)53-51-33/h9-10,12-19,22-23,29-32H,3-8,11H2,1-2H3,(H,43,47,49)(H,44,51,53)(H,45,52,54)(H,46,48,50)/t17?,18?,19?,22?,23?,29-,30+,31-,32+/m1/s1. The fraction of sp³-hybridized carbons (Fsp3) is 0.450. The maximum absolute atomic E-state index is 14.5. The third-order valence-electron chi connectivity index (χ3n) is 13.1. The SMILES string of the molecule is COC(=O)[C@@H]1C2CCC(CC2)[C@H]1Nc1cc(C2CC3CCC2[C@H](C(=O)OC)[C@H]3Nc2ccnc(-c3[nH]nc4ncc(F)cc34)n2)nc(-c2[nH]nc3ncc(F)cc23)n1. The third-order valence-corrected chi connectivity index (χ3v) is 13.1. The molecule has 6 aromatic heterocycles. The zero-order chi connectivity index (χ0) is 39.7. The molecule has 4 bridgehead atoms. The molecule has 6 aliphatic rings. The summed E-state index contributed by atoms with van der Waals surface area (Å²) < 4.78 is 39.4. The van der Waals surface area contributed by atoms with Crippen LogP contribution in [0.5, 0.6) is 0 Å². The van der Waals surface area contributed by atoms with Crippen LogP contribution in [0.2, 0.25) is 0 Å². The summed E-state index contributed by atoms with van der Waals surface area (Å²) in [6.45, 7) is 0. The van der Waals surface area contributed by atoms with Gasteiger partial charge in [-0.15, -0.1) is 0 Å². The molecule has 4 N–H and O–H groups in total. The Morgan fingerprint density at radius 3 is 1.97 bits per heavy atom. The molecule has 6 aromatic rings. The van der Waals surface area contributed by atoms with E-state index in [1.165, 1.54) is 26.4 Å². The monoisotopic (exact) mass is 790 g/mol. The molecule has 58 heavy (non-hydrogen) atoms. The number of carbonyl (C=O) groups excluding carboxylic acids is 2. The topological polar surface area (TPSA) is 211 Å². The second kappa shape index (κ2) is 14.3. The quantitative estimate of drug-likeness (QED) is 0.132. The van der Waals surface area contributed by atoms with Crippen LogP contribution in [-0.2, 0) is 19.1 Å². The van der Waals surface area contributed by atoms with Crippen LogP contribution in [0.1, 0.15) is 56.6 Å². The summed E-state index contributed by atoms with van der Waals surface area (Å²) in [4.78, 5) is 54.4. The zero-order valence-corrected chi connectivity index (χ0v) is 31.7.